The Hall–Kier alpha value is -1.29. The van der Waals surface area contributed by atoms with Gasteiger partial charge in [-0.3, -0.25) is 10.1 Å². The lowest BCUT2D eigenvalue weighted by molar-refractivity contribution is -0.124. The van der Waals surface area contributed by atoms with Crippen molar-refractivity contribution >= 4 is 5.91 Å². The number of hydrogen-bond acceptors (Lipinski definition) is 3. The van der Waals surface area contributed by atoms with Crippen LogP contribution in [0.3, 0.4) is 0 Å². The fraction of sp³-hybridized carbons (Fsp3) is 0.643. The molecule has 0 aliphatic heterocycles. The zero-order valence-corrected chi connectivity index (χ0v) is 11.9. The molecule has 1 unspecified atom stereocenters. The molecule has 4 heteroatoms. The van der Waals surface area contributed by atoms with Crippen molar-refractivity contribution in [2.45, 2.75) is 58.7 Å². The van der Waals surface area contributed by atoms with Crippen molar-refractivity contribution in [2.75, 3.05) is 0 Å². The first-order valence-electron chi connectivity index (χ1n) is 6.47. The lowest BCUT2D eigenvalue weighted by Crippen LogP contribution is -2.51. The summed E-state index contributed by atoms with van der Waals surface area (Å²) in [5.74, 6) is 0.852. The normalized spacial score (nSPS) is 15.2. The molecule has 0 radical (unpaired) electrons. The van der Waals surface area contributed by atoms with Crippen LogP contribution in [0.15, 0.2) is 22.8 Å². The summed E-state index contributed by atoms with van der Waals surface area (Å²) in [7, 11) is 0. The van der Waals surface area contributed by atoms with Crippen molar-refractivity contribution in [2.24, 2.45) is 0 Å². The third kappa shape index (κ3) is 4.18. The van der Waals surface area contributed by atoms with Crippen LogP contribution in [0.2, 0.25) is 0 Å². The van der Waals surface area contributed by atoms with Gasteiger partial charge >= 0.3 is 0 Å². The van der Waals surface area contributed by atoms with E-state index in [1.165, 1.54) is 0 Å². The number of rotatable bonds is 6. The highest BCUT2D eigenvalue weighted by Gasteiger charge is 2.23. The average Bonchev–Trinajstić information content (AvgIpc) is 2.81. The van der Waals surface area contributed by atoms with E-state index in [1.54, 1.807) is 6.26 Å². The molecule has 2 N–H and O–H groups in total. The molecule has 0 bridgehead atoms. The molecule has 0 aliphatic carbocycles. The van der Waals surface area contributed by atoms with Gasteiger partial charge in [0.15, 0.2) is 0 Å². The second-order valence-corrected chi connectivity index (χ2v) is 5.35. The van der Waals surface area contributed by atoms with E-state index in [2.05, 4.69) is 17.6 Å². The minimum Gasteiger partial charge on any atom is -0.468 e. The maximum Gasteiger partial charge on any atom is 0.237 e. The first-order valence-corrected chi connectivity index (χ1v) is 6.47. The van der Waals surface area contributed by atoms with Crippen molar-refractivity contribution in [1.29, 1.82) is 0 Å². The van der Waals surface area contributed by atoms with Gasteiger partial charge in [0.05, 0.1) is 18.3 Å². The minimum atomic E-state index is -0.254. The molecule has 1 heterocycles. The summed E-state index contributed by atoms with van der Waals surface area (Å²) in [6.07, 6.45) is 2.54. The van der Waals surface area contributed by atoms with Crippen LogP contribution >= 0.6 is 0 Å². The van der Waals surface area contributed by atoms with E-state index in [0.717, 1.165) is 12.2 Å². The summed E-state index contributed by atoms with van der Waals surface area (Å²) in [5, 5.41) is 6.25. The van der Waals surface area contributed by atoms with Crippen LogP contribution in [0.25, 0.3) is 0 Å². The first kappa shape index (κ1) is 14.8. The molecule has 1 amide bonds. The third-order valence-electron chi connectivity index (χ3n) is 3.21. The average molecular weight is 252 g/mol. The van der Waals surface area contributed by atoms with Crippen LogP contribution in [0.4, 0.5) is 0 Å². The van der Waals surface area contributed by atoms with Crippen molar-refractivity contribution in [3.63, 3.8) is 0 Å². The third-order valence-corrected chi connectivity index (χ3v) is 3.21. The van der Waals surface area contributed by atoms with E-state index in [4.69, 9.17) is 4.42 Å². The smallest absolute Gasteiger partial charge is 0.237 e. The molecule has 0 fully saturated rings. The predicted molar refractivity (Wildman–Crippen MR) is 72.2 cm³/mol. The lowest BCUT2D eigenvalue weighted by Gasteiger charge is -2.27. The molecule has 0 spiro atoms. The van der Waals surface area contributed by atoms with E-state index < -0.39 is 0 Å². The van der Waals surface area contributed by atoms with Crippen LogP contribution < -0.4 is 10.6 Å². The van der Waals surface area contributed by atoms with Crippen molar-refractivity contribution in [3.05, 3.63) is 24.2 Å². The van der Waals surface area contributed by atoms with E-state index >= 15 is 0 Å². The van der Waals surface area contributed by atoms with Gasteiger partial charge in [-0.1, -0.05) is 6.92 Å². The Bertz CT molecular complexity index is 371. The van der Waals surface area contributed by atoms with Gasteiger partial charge in [-0.15, -0.1) is 0 Å². The van der Waals surface area contributed by atoms with E-state index in [9.17, 15) is 4.79 Å². The maximum atomic E-state index is 12.0. The van der Waals surface area contributed by atoms with Gasteiger partial charge in [-0.05, 0) is 46.2 Å². The highest BCUT2D eigenvalue weighted by atomic mass is 16.3. The molecule has 1 rings (SSSR count). The predicted octanol–water partition coefficient (Wildman–Crippen LogP) is 2.62. The number of amides is 1. The molecule has 18 heavy (non-hydrogen) atoms. The van der Waals surface area contributed by atoms with Crippen LogP contribution in [0.1, 0.15) is 52.8 Å². The SMILES string of the molecule is CCC(C)(C)NC(=O)C(C)N[C@@H](C)c1ccco1. The largest absolute Gasteiger partial charge is 0.468 e. The quantitative estimate of drug-likeness (QED) is 0.818. The Labute approximate surface area is 109 Å². The Balaban J connectivity index is 2.50. The maximum absolute atomic E-state index is 12.0. The van der Waals surface area contributed by atoms with Crippen molar-refractivity contribution < 1.29 is 9.21 Å². The molecule has 2 atom stereocenters. The van der Waals surface area contributed by atoms with Gasteiger partial charge in [0.1, 0.15) is 5.76 Å². The Morgan fingerprint density at radius 1 is 1.44 bits per heavy atom. The summed E-state index contributed by atoms with van der Waals surface area (Å²) in [4.78, 5) is 12.0. The Morgan fingerprint density at radius 2 is 2.11 bits per heavy atom. The van der Waals surface area contributed by atoms with E-state index in [0.29, 0.717) is 0 Å². The number of hydrogen-bond donors (Lipinski definition) is 2. The molecule has 1 aromatic rings. The van der Waals surface area contributed by atoms with Gasteiger partial charge in [0.25, 0.3) is 0 Å². The van der Waals surface area contributed by atoms with Gasteiger partial charge in [-0.25, -0.2) is 0 Å². The molecular formula is C14H24N2O2. The topological polar surface area (TPSA) is 54.3 Å². The lowest BCUT2D eigenvalue weighted by atomic mass is 10.0. The van der Waals surface area contributed by atoms with E-state index in [-0.39, 0.29) is 23.5 Å². The molecular weight excluding hydrogens is 228 g/mol. The van der Waals surface area contributed by atoms with Gasteiger partial charge in [0, 0.05) is 5.54 Å². The van der Waals surface area contributed by atoms with E-state index in [1.807, 2.05) is 39.8 Å². The van der Waals surface area contributed by atoms with Crippen LogP contribution in [0, 0.1) is 0 Å². The number of carbonyl (C=O) groups excluding carboxylic acids is 1. The highest BCUT2D eigenvalue weighted by molar-refractivity contribution is 5.82. The van der Waals surface area contributed by atoms with Crippen LogP contribution in [-0.4, -0.2) is 17.5 Å². The van der Waals surface area contributed by atoms with Crippen LogP contribution in [-0.2, 0) is 4.79 Å². The van der Waals surface area contributed by atoms with Crippen molar-refractivity contribution in [3.8, 4) is 0 Å². The summed E-state index contributed by atoms with van der Waals surface area (Å²) in [6, 6.07) is 3.51. The number of carbonyl (C=O) groups is 1. The molecule has 0 saturated heterocycles. The first-order chi connectivity index (χ1) is 8.35. The molecule has 0 aromatic carbocycles. The van der Waals surface area contributed by atoms with Crippen molar-refractivity contribution in [1.82, 2.24) is 10.6 Å². The molecule has 0 aliphatic rings. The summed E-state index contributed by atoms with van der Waals surface area (Å²) in [5.41, 5.74) is -0.166. The van der Waals surface area contributed by atoms with Gasteiger partial charge < -0.3 is 9.73 Å². The zero-order chi connectivity index (χ0) is 13.8. The highest BCUT2D eigenvalue weighted by Crippen LogP contribution is 2.13. The number of nitrogens with one attached hydrogen (secondary N) is 2. The second kappa shape index (κ2) is 6.05. The Morgan fingerprint density at radius 3 is 2.61 bits per heavy atom. The summed E-state index contributed by atoms with van der Waals surface area (Å²) in [6.45, 7) is 9.94. The fourth-order valence-electron chi connectivity index (χ4n) is 1.60. The standard InChI is InChI=1S/C14H24N2O2/c1-6-14(4,5)16-13(17)11(3)15-10(2)12-8-7-9-18-12/h7-11,15H,6H2,1-5H3,(H,16,17)/t10-,11?/m0/s1. The number of furan rings is 1. The molecule has 0 saturated carbocycles. The zero-order valence-electron chi connectivity index (χ0n) is 11.9. The van der Waals surface area contributed by atoms with Gasteiger partial charge in [-0.2, -0.15) is 0 Å². The Kier molecular flexibility index (Phi) is 4.96. The molecule has 1 aromatic heterocycles. The van der Waals surface area contributed by atoms with Crippen LogP contribution in [0.5, 0.6) is 0 Å². The molecule has 102 valence electrons. The second-order valence-electron chi connectivity index (χ2n) is 5.35. The molecule has 4 nitrogen and oxygen atoms in total. The summed E-state index contributed by atoms with van der Waals surface area (Å²) >= 11 is 0. The fourth-order valence-corrected chi connectivity index (χ4v) is 1.60. The monoisotopic (exact) mass is 252 g/mol. The summed E-state index contributed by atoms with van der Waals surface area (Å²) < 4.78 is 5.30. The van der Waals surface area contributed by atoms with Gasteiger partial charge in [0.2, 0.25) is 5.91 Å². The minimum absolute atomic E-state index is 0.0141.